The Morgan fingerprint density at radius 1 is 1.77 bits per heavy atom. The number of nitrogens with one attached hydrogen (secondary N) is 1. The smallest absolute Gasteiger partial charge is 0.234 e. The van der Waals surface area contributed by atoms with E-state index in [1.165, 1.54) is 0 Å². The van der Waals surface area contributed by atoms with Crippen molar-refractivity contribution in [2.24, 2.45) is 5.73 Å². The molecular weight excluding hydrogens is 168 g/mol. The fourth-order valence-electron chi connectivity index (χ4n) is 1.45. The van der Waals surface area contributed by atoms with Crippen LogP contribution in [0, 0.1) is 0 Å². The van der Waals surface area contributed by atoms with Crippen LogP contribution < -0.4 is 11.1 Å². The highest BCUT2D eigenvalue weighted by Crippen LogP contribution is 2.23. The van der Waals surface area contributed by atoms with Crippen LogP contribution in [0.5, 0.6) is 0 Å². The van der Waals surface area contributed by atoms with Gasteiger partial charge in [0.15, 0.2) is 0 Å². The number of carbonyl (C=O) groups excluding carboxylic acids is 1. The Morgan fingerprint density at radius 2 is 2.46 bits per heavy atom. The summed E-state index contributed by atoms with van der Waals surface area (Å²) >= 11 is 0. The maximum absolute atomic E-state index is 10.7. The van der Waals surface area contributed by atoms with E-state index in [0.717, 1.165) is 19.4 Å². The molecular formula is C9H18N2O2. The fourth-order valence-corrected chi connectivity index (χ4v) is 1.45. The summed E-state index contributed by atoms with van der Waals surface area (Å²) in [6, 6.07) is -0.277. The quantitative estimate of drug-likeness (QED) is 0.650. The van der Waals surface area contributed by atoms with Gasteiger partial charge in [0.05, 0.1) is 11.6 Å². The lowest BCUT2D eigenvalue weighted by Gasteiger charge is -2.24. The zero-order chi connectivity index (χ0) is 9.90. The van der Waals surface area contributed by atoms with Crippen molar-refractivity contribution in [3.63, 3.8) is 0 Å². The average molecular weight is 186 g/mol. The molecule has 0 aliphatic carbocycles. The van der Waals surface area contributed by atoms with E-state index in [0.29, 0.717) is 6.54 Å². The molecule has 1 aliphatic rings. The molecule has 1 rings (SSSR count). The normalized spacial score (nSPS) is 30.3. The first-order chi connectivity index (χ1) is 6.03. The minimum atomic E-state index is -0.318. The number of ether oxygens (including phenoxy) is 1. The van der Waals surface area contributed by atoms with Gasteiger partial charge >= 0.3 is 0 Å². The first-order valence-corrected chi connectivity index (χ1v) is 4.70. The molecule has 4 nitrogen and oxygen atoms in total. The van der Waals surface area contributed by atoms with Crippen molar-refractivity contribution in [1.82, 2.24) is 5.32 Å². The number of rotatable bonds is 4. The molecule has 0 spiro atoms. The highest BCUT2D eigenvalue weighted by atomic mass is 16.5. The van der Waals surface area contributed by atoms with Gasteiger partial charge in [0, 0.05) is 13.2 Å². The maximum Gasteiger partial charge on any atom is 0.234 e. The van der Waals surface area contributed by atoms with Crippen LogP contribution in [0.4, 0.5) is 0 Å². The Bertz CT molecular complexity index is 188. The third-order valence-corrected chi connectivity index (χ3v) is 2.51. The standard InChI is InChI=1S/C9H18N2O2/c1-7(8(10)12)11-6-9(2)4-3-5-13-9/h7,11H,3-6H2,1-2H3,(H2,10,12). The highest BCUT2D eigenvalue weighted by molar-refractivity contribution is 5.79. The van der Waals surface area contributed by atoms with E-state index < -0.39 is 0 Å². The number of carbonyl (C=O) groups is 1. The highest BCUT2D eigenvalue weighted by Gasteiger charge is 2.30. The molecule has 4 heteroatoms. The van der Waals surface area contributed by atoms with Crippen LogP contribution in [0.25, 0.3) is 0 Å². The fraction of sp³-hybridized carbons (Fsp3) is 0.889. The number of hydrogen-bond donors (Lipinski definition) is 2. The molecule has 0 aromatic carbocycles. The van der Waals surface area contributed by atoms with E-state index in [4.69, 9.17) is 10.5 Å². The summed E-state index contributed by atoms with van der Waals surface area (Å²) in [6.45, 7) is 5.33. The molecule has 13 heavy (non-hydrogen) atoms. The molecule has 1 heterocycles. The molecule has 0 aromatic rings. The monoisotopic (exact) mass is 186 g/mol. The van der Waals surface area contributed by atoms with Crippen molar-refractivity contribution in [1.29, 1.82) is 0 Å². The van der Waals surface area contributed by atoms with Crippen LogP contribution in [0.3, 0.4) is 0 Å². The Hall–Kier alpha value is -0.610. The van der Waals surface area contributed by atoms with Gasteiger partial charge < -0.3 is 15.8 Å². The lowest BCUT2D eigenvalue weighted by molar-refractivity contribution is -0.119. The summed E-state index contributed by atoms with van der Waals surface area (Å²) in [4.78, 5) is 10.7. The van der Waals surface area contributed by atoms with E-state index >= 15 is 0 Å². The van der Waals surface area contributed by atoms with Gasteiger partial charge in [0.25, 0.3) is 0 Å². The largest absolute Gasteiger partial charge is 0.374 e. The zero-order valence-corrected chi connectivity index (χ0v) is 8.30. The van der Waals surface area contributed by atoms with Crippen molar-refractivity contribution in [3.05, 3.63) is 0 Å². The van der Waals surface area contributed by atoms with E-state index in [1.54, 1.807) is 6.92 Å². The van der Waals surface area contributed by atoms with Gasteiger partial charge in [0.2, 0.25) is 5.91 Å². The Morgan fingerprint density at radius 3 is 2.92 bits per heavy atom. The first-order valence-electron chi connectivity index (χ1n) is 4.70. The van der Waals surface area contributed by atoms with Crippen LogP contribution in [-0.4, -0.2) is 30.7 Å². The second-order valence-corrected chi connectivity index (χ2v) is 3.91. The number of hydrogen-bond acceptors (Lipinski definition) is 3. The molecule has 1 amide bonds. The first kappa shape index (κ1) is 10.5. The van der Waals surface area contributed by atoms with Crippen LogP contribution in [0.2, 0.25) is 0 Å². The lowest BCUT2D eigenvalue weighted by Crippen LogP contribution is -2.46. The number of primary amides is 1. The molecule has 1 aliphatic heterocycles. The van der Waals surface area contributed by atoms with E-state index in [-0.39, 0.29) is 17.6 Å². The predicted octanol–water partition coefficient (Wildman–Crippen LogP) is 0.0189. The summed E-state index contributed by atoms with van der Waals surface area (Å²) in [5, 5.41) is 3.06. The Labute approximate surface area is 78.8 Å². The lowest BCUT2D eigenvalue weighted by atomic mass is 10.0. The van der Waals surface area contributed by atoms with Crippen LogP contribution in [-0.2, 0) is 9.53 Å². The molecule has 0 saturated carbocycles. The van der Waals surface area contributed by atoms with Gasteiger partial charge in [-0.1, -0.05) is 0 Å². The minimum Gasteiger partial charge on any atom is -0.374 e. The SMILES string of the molecule is CC(NCC1(C)CCCO1)C(N)=O. The summed E-state index contributed by atoms with van der Waals surface area (Å²) in [5.41, 5.74) is 5.01. The molecule has 0 bridgehead atoms. The van der Waals surface area contributed by atoms with E-state index in [2.05, 4.69) is 12.2 Å². The van der Waals surface area contributed by atoms with Crippen molar-refractivity contribution in [2.75, 3.05) is 13.2 Å². The summed E-state index contributed by atoms with van der Waals surface area (Å²) in [6.07, 6.45) is 2.15. The van der Waals surface area contributed by atoms with Gasteiger partial charge in [-0.25, -0.2) is 0 Å². The second-order valence-electron chi connectivity index (χ2n) is 3.91. The van der Waals surface area contributed by atoms with Gasteiger partial charge in [0.1, 0.15) is 0 Å². The van der Waals surface area contributed by atoms with E-state index in [1.807, 2.05) is 0 Å². The van der Waals surface area contributed by atoms with Gasteiger partial charge in [-0.15, -0.1) is 0 Å². The van der Waals surface area contributed by atoms with Gasteiger partial charge in [-0.05, 0) is 26.7 Å². The van der Waals surface area contributed by atoms with Crippen molar-refractivity contribution in [3.8, 4) is 0 Å². The molecule has 1 saturated heterocycles. The Balaban J connectivity index is 2.28. The molecule has 0 radical (unpaired) electrons. The van der Waals surface area contributed by atoms with Crippen molar-refractivity contribution in [2.45, 2.75) is 38.3 Å². The van der Waals surface area contributed by atoms with Gasteiger partial charge in [-0.2, -0.15) is 0 Å². The molecule has 76 valence electrons. The molecule has 2 atom stereocenters. The Kier molecular flexibility index (Phi) is 3.27. The molecule has 1 fully saturated rings. The number of amides is 1. The summed E-state index contributed by atoms with van der Waals surface area (Å²) in [5.74, 6) is -0.318. The maximum atomic E-state index is 10.7. The van der Waals surface area contributed by atoms with Crippen LogP contribution in [0.1, 0.15) is 26.7 Å². The van der Waals surface area contributed by atoms with Crippen molar-refractivity contribution >= 4 is 5.91 Å². The number of nitrogens with two attached hydrogens (primary N) is 1. The third-order valence-electron chi connectivity index (χ3n) is 2.51. The second kappa shape index (κ2) is 4.07. The summed E-state index contributed by atoms with van der Waals surface area (Å²) < 4.78 is 5.56. The van der Waals surface area contributed by atoms with Crippen molar-refractivity contribution < 1.29 is 9.53 Å². The predicted molar refractivity (Wildman–Crippen MR) is 50.3 cm³/mol. The molecule has 2 unspecified atom stereocenters. The third kappa shape index (κ3) is 2.97. The topological polar surface area (TPSA) is 64.3 Å². The van der Waals surface area contributed by atoms with Crippen LogP contribution >= 0.6 is 0 Å². The summed E-state index contributed by atoms with van der Waals surface area (Å²) in [7, 11) is 0. The van der Waals surface area contributed by atoms with Crippen LogP contribution in [0.15, 0.2) is 0 Å². The van der Waals surface area contributed by atoms with E-state index in [9.17, 15) is 4.79 Å². The van der Waals surface area contributed by atoms with Gasteiger partial charge in [-0.3, -0.25) is 4.79 Å². The average Bonchev–Trinajstić information content (AvgIpc) is 2.48. The zero-order valence-electron chi connectivity index (χ0n) is 8.30. The molecule has 0 aromatic heterocycles. The molecule has 3 N–H and O–H groups in total. The minimum absolute atomic E-state index is 0.107.